The van der Waals surface area contributed by atoms with Gasteiger partial charge in [-0.05, 0) is 29.6 Å². The fraction of sp³-hybridized carbons (Fsp3) is 0.190. The maximum absolute atomic E-state index is 12.6. The molecule has 0 aliphatic carbocycles. The van der Waals surface area contributed by atoms with E-state index in [1.807, 2.05) is 41.8 Å². The molecule has 0 saturated carbocycles. The van der Waals surface area contributed by atoms with Crippen molar-refractivity contribution in [1.29, 1.82) is 0 Å². The van der Waals surface area contributed by atoms with E-state index in [9.17, 15) is 8.42 Å². The van der Waals surface area contributed by atoms with Gasteiger partial charge in [0.1, 0.15) is 16.5 Å². The van der Waals surface area contributed by atoms with Crippen molar-refractivity contribution in [3.63, 3.8) is 0 Å². The highest BCUT2D eigenvalue weighted by molar-refractivity contribution is 7.90. The number of methoxy groups -OCH3 is 1. The number of para-hydroxylation sites is 2. The van der Waals surface area contributed by atoms with Crippen LogP contribution in [0.15, 0.2) is 75.3 Å². The summed E-state index contributed by atoms with van der Waals surface area (Å²) in [5.74, 6) is 1.22. The third-order valence-electron chi connectivity index (χ3n) is 4.59. The van der Waals surface area contributed by atoms with E-state index >= 15 is 0 Å². The number of rotatable bonds is 7. The van der Waals surface area contributed by atoms with Crippen molar-refractivity contribution in [2.24, 2.45) is 4.40 Å². The standard InChI is InChI=1S/C21H21N3O3S2/c1-27-19-10-4-2-7-16(19)13-24(14-17-8-6-12-28-17)15-21-22-18-9-3-5-11-20(18)29(25,26)23-21/h2-12H,13-15H2,1H3,(H,22,23). The first kappa shape index (κ1) is 19.6. The van der Waals surface area contributed by atoms with Gasteiger partial charge in [0.15, 0.2) is 0 Å². The summed E-state index contributed by atoms with van der Waals surface area (Å²) in [5, 5.41) is 5.21. The van der Waals surface area contributed by atoms with Crippen LogP contribution in [0.3, 0.4) is 0 Å². The molecule has 1 N–H and O–H groups in total. The van der Waals surface area contributed by atoms with E-state index < -0.39 is 10.0 Å². The lowest BCUT2D eigenvalue weighted by Gasteiger charge is -2.26. The van der Waals surface area contributed by atoms with Crippen LogP contribution in [0, 0.1) is 0 Å². The Labute approximate surface area is 174 Å². The summed E-state index contributed by atoms with van der Waals surface area (Å²) in [5.41, 5.74) is 1.59. The third-order valence-corrected chi connectivity index (χ3v) is 6.83. The Hall–Kier alpha value is -2.68. The quantitative estimate of drug-likeness (QED) is 0.618. The molecule has 2 heterocycles. The van der Waals surface area contributed by atoms with Gasteiger partial charge in [-0.1, -0.05) is 36.4 Å². The molecule has 1 aliphatic heterocycles. The van der Waals surface area contributed by atoms with Crippen molar-refractivity contribution in [3.05, 3.63) is 76.5 Å². The lowest BCUT2D eigenvalue weighted by atomic mass is 10.2. The normalized spacial score (nSPS) is 14.8. The second-order valence-electron chi connectivity index (χ2n) is 6.67. The summed E-state index contributed by atoms with van der Waals surface area (Å²) in [4.78, 5) is 3.55. The average Bonchev–Trinajstić information content (AvgIpc) is 3.21. The first-order chi connectivity index (χ1) is 14.0. The molecule has 0 fully saturated rings. The zero-order chi connectivity index (χ0) is 20.3. The number of anilines is 1. The molecule has 2 aromatic carbocycles. The average molecular weight is 428 g/mol. The number of ether oxygens (including phenoxy) is 1. The molecule has 0 atom stereocenters. The lowest BCUT2D eigenvalue weighted by Crippen LogP contribution is -2.35. The summed E-state index contributed by atoms with van der Waals surface area (Å²) < 4.78 is 34.7. The summed E-state index contributed by atoms with van der Waals surface area (Å²) in [7, 11) is -2.06. The molecule has 1 aromatic heterocycles. The highest BCUT2D eigenvalue weighted by atomic mass is 32.2. The van der Waals surface area contributed by atoms with Crippen molar-refractivity contribution < 1.29 is 13.2 Å². The van der Waals surface area contributed by atoms with Gasteiger partial charge >= 0.3 is 0 Å². The highest BCUT2D eigenvalue weighted by Gasteiger charge is 2.25. The molecule has 8 heteroatoms. The number of thiophene rings is 1. The van der Waals surface area contributed by atoms with Gasteiger partial charge in [-0.3, -0.25) is 4.90 Å². The molecule has 1 aliphatic rings. The molecule has 0 radical (unpaired) electrons. The van der Waals surface area contributed by atoms with E-state index in [0.29, 0.717) is 31.2 Å². The Morgan fingerprint density at radius 3 is 2.59 bits per heavy atom. The van der Waals surface area contributed by atoms with Crippen molar-refractivity contribution >= 4 is 32.9 Å². The number of benzene rings is 2. The summed E-state index contributed by atoms with van der Waals surface area (Å²) in [6.45, 7) is 1.64. The predicted molar refractivity (Wildman–Crippen MR) is 116 cm³/mol. The van der Waals surface area contributed by atoms with Crippen molar-refractivity contribution in [2.75, 3.05) is 19.0 Å². The monoisotopic (exact) mass is 427 g/mol. The van der Waals surface area contributed by atoms with Gasteiger partial charge in [-0.2, -0.15) is 8.42 Å². The number of nitrogens with zero attached hydrogens (tertiary/aromatic N) is 2. The zero-order valence-electron chi connectivity index (χ0n) is 15.9. The van der Waals surface area contributed by atoms with Gasteiger partial charge in [-0.25, -0.2) is 0 Å². The maximum atomic E-state index is 12.6. The van der Waals surface area contributed by atoms with E-state index in [1.165, 1.54) is 4.88 Å². The molecule has 3 aromatic rings. The topological polar surface area (TPSA) is 71.0 Å². The van der Waals surface area contributed by atoms with Crippen LogP contribution in [-0.4, -0.2) is 32.8 Å². The van der Waals surface area contributed by atoms with E-state index in [-0.39, 0.29) is 4.90 Å². The molecular weight excluding hydrogens is 406 g/mol. The van der Waals surface area contributed by atoms with Gasteiger partial charge in [-0.15, -0.1) is 15.7 Å². The number of fused-ring (bicyclic) bond motifs is 1. The Morgan fingerprint density at radius 1 is 1.00 bits per heavy atom. The number of sulfonamides is 1. The van der Waals surface area contributed by atoms with Gasteiger partial charge in [0, 0.05) is 23.5 Å². The second kappa shape index (κ2) is 8.36. The summed E-state index contributed by atoms with van der Waals surface area (Å²) >= 11 is 1.67. The van der Waals surface area contributed by atoms with Gasteiger partial charge in [0.2, 0.25) is 0 Å². The van der Waals surface area contributed by atoms with Crippen LogP contribution in [0.4, 0.5) is 5.69 Å². The Morgan fingerprint density at radius 2 is 1.79 bits per heavy atom. The van der Waals surface area contributed by atoms with Gasteiger partial charge in [0.05, 0.1) is 19.3 Å². The molecule has 0 saturated heterocycles. The molecule has 0 unspecified atom stereocenters. The number of hydrogen-bond acceptors (Lipinski definition) is 6. The fourth-order valence-corrected chi connectivity index (χ4v) is 5.20. The van der Waals surface area contributed by atoms with Crippen LogP contribution in [0.5, 0.6) is 5.75 Å². The highest BCUT2D eigenvalue weighted by Crippen LogP contribution is 2.27. The van der Waals surface area contributed by atoms with Crippen LogP contribution in [0.1, 0.15) is 10.4 Å². The molecule has 4 rings (SSSR count). The summed E-state index contributed by atoms with van der Waals surface area (Å²) in [6, 6.07) is 18.8. The summed E-state index contributed by atoms with van der Waals surface area (Å²) in [6.07, 6.45) is 0. The maximum Gasteiger partial charge on any atom is 0.286 e. The first-order valence-corrected chi connectivity index (χ1v) is 11.4. The number of nitrogens with one attached hydrogen (secondary N) is 1. The van der Waals surface area contributed by atoms with E-state index in [4.69, 9.17) is 4.74 Å². The molecule has 0 bridgehead atoms. The van der Waals surface area contributed by atoms with Crippen LogP contribution >= 0.6 is 11.3 Å². The molecule has 6 nitrogen and oxygen atoms in total. The van der Waals surface area contributed by atoms with Gasteiger partial charge < -0.3 is 10.1 Å². The van der Waals surface area contributed by atoms with E-state index in [0.717, 1.165) is 11.3 Å². The van der Waals surface area contributed by atoms with Crippen molar-refractivity contribution in [3.8, 4) is 5.75 Å². The number of amidine groups is 1. The number of hydrogen-bond donors (Lipinski definition) is 1. The molecule has 0 spiro atoms. The minimum absolute atomic E-state index is 0.207. The van der Waals surface area contributed by atoms with Crippen LogP contribution in [0.2, 0.25) is 0 Å². The molecule has 150 valence electrons. The van der Waals surface area contributed by atoms with E-state index in [1.54, 1.807) is 36.6 Å². The SMILES string of the molecule is COc1ccccc1CN(CC1=NS(=O)(=O)c2ccccc2N1)Cc1cccs1. The second-order valence-corrected chi connectivity index (χ2v) is 9.28. The minimum Gasteiger partial charge on any atom is -0.496 e. The minimum atomic E-state index is -3.71. The van der Waals surface area contributed by atoms with Crippen LogP contribution in [-0.2, 0) is 23.1 Å². The Balaban J connectivity index is 1.61. The van der Waals surface area contributed by atoms with Crippen LogP contribution in [0.25, 0.3) is 0 Å². The molecule has 29 heavy (non-hydrogen) atoms. The predicted octanol–water partition coefficient (Wildman–Crippen LogP) is 3.97. The molecular formula is C21H21N3O3S2. The smallest absolute Gasteiger partial charge is 0.286 e. The first-order valence-electron chi connectivity index (χ1n) is 9.12. The third kappa shape index (κ3) is 4.50. The largest absolute Gasteiger partial charge is 0.496 e. The zero-order valence-corrected chi connectivity index (χ0v) is 17.5. The fourth-order valence-electron chi connectivity index (χ4n) is 3.31. The lowest BCUT2D eigenvalue weighted by molar-refractivity contribution is 0.290. The van der Waals surface area contributed by atoms with Gasteiger partial charge in [0.25, 0.3) is 10.0 Å². The van der Waals surface area contributed by atoms with Crippen molar-refractivity contribution in [2.45, 2.75) is 18.0 Å². The van der Waals surface area contributed by atoms with Crippen LogP contribution < -0.4 is 10.1 Å². The molecule has 0 amide bonds. The Bertz CT molecular complexity index is 1130. The van der Waals surface area contributed by atoms with E-state index in [2.05, 4.69) is 20.7 Å². The van der Waals surface area contributed by atoms with Crippen molar-refractivity contribution in [1.82, 2.24) is 4.90 Å². The Kier molecular flexibility index (Phi) is 5.66.